The van der Waals surface area contributed by atoms with Crippen molar-refractivity contribution in [2.75, 3.05) is 0 Å². The van der Waals surface area contributed by atoms with Crippen molar-refractivity contribution in [3.05, 3.63) is 0 Å². The Balaban J connectivity index is 1.88. The zero-order chi connectivity index (χ0) is 16.3. The van der Waals surface area contributed by atoms with Crippen molar-refractivity contribution in [2.24, 2.45) is 34.5 Å². The molecule has 0 N–H and O–H groups in total. The van der Waals surface area contributed by atoms with Crippen LogP contribution in [0.5, 0.6) is 0 Å². The topological polar surface area (TPSA) is 26.3 Å². The minimum Gasteiger partial charge on any atom is -0.459 e. The summed E-state index contributed by atoms with van der Waals surface area (Å²) < 4.78 is 6.16. The van der Waals surface area contributed by atoms with Crippen LogP contribution in [0.15, 0.2) is 0 Å². The van der Waals surface area contributed by atoms with E-state index in [1.54, 1.807) is 0 Å². The SMILES string of the molecule is CCC(C)C(=O)OC1(C)CCC23CC1C(C)(C)C2CCC3C. The Morgan fingerprint density at radius 1 is 1.18 bits per heavy atom. The second kappa shape index (κ2) is 4.98. The largest absolute Gasteiger partial charge is 0.459 e. The molecular formula is C20H34O2. The third-order valence-electron chi connectivity index (χ3n) is 8.12. The van der Waals surface area contributed by atoms with E-state index in [9.17, 15) is 4.79 Å². The number of hydrogen-bond acceptors (Lipinski definition) is 2. The fourth-order valence-corrected chi connectivity index (χ4v) is 6.48. The van der Waals surface area contributed by atoms with Gasteiger partial charge in [0.25, 0.3) is 0 Å². The van der Waals surface area contributed by atoms with E-state index in [2.05, 4.69) is 34.6 Å². The van der Waals surface area contributed by atoms with E-state index < -0.39 is 0 Å². The zero-order valence-electron chi connectivity index (χ0n) is 15.4. The van der Waals surface area contributed by atoms with Crippen LogP contribution in [0.25, 0.3) is 0 Å². The van der Waals surface area contributed by atoms with Crippen molar-refractivity contribution in [3.8, 4) is 0 Å². The van der Waals surface area contributed by atoms with Crippen molar-refractivity contribution in [1.29, 1.82) is 0 Å². The van der Waals surface area contributed by atoms with E-state index in [0.29, 0.717) is 16.7 Å². The minimum atomic E-state index is -0.251. The average molecular weight is 306 g/mol. The summed E-state index contributed by atoms with van der Waals surface area (Å²) in [7, 11) is 0. The van der Waals surface area contributed by atoms with E-state index in [1.165, 1.54) is 25.7 Å². The Morgan fingerprint density at radius 2 is 1.86 bits per heavy atom. The summed E-state index contributed by atoms with van der Waals surface area (Å²) >= 11 is 0. The first-order chi connectivity index (χ1) is 10.2. The number of fused-ring (bicyclic) bond motifs is 1. The molecule has 2 nitrogen and oxygen atoms in total. The van der Waals surface area contributed by atoms with E-state index in [0.717, 1.165) is 24.7 Å². The molecule has 0 aromatic heterocycles. The molecule has 0 saturated heterocycles. The van der Waals surface area contributed by atoms with Crippen molar-refractivity contribution >= 4 is 5.97 Å². The highest BCUT2D eigenvalue weighted by Gasteiger charge is 2.68. The summed E-state index contributed by atoms with van der Waals surface area (Å²) in [6, 6.07) is 0. The number of esters is 1. The monoisotopic (exact) mass is 306 g/mol. The van der Waals surface area contributed by atoms with Gasteiger partial charge in [-0.2, -0.15) is 0 Å². The molecule has 0 aromatic carbocycles. The Morgan fingerprint density at radius 3 is 2.50 bits per heavy atom. The van der Waals surface area contributed by atoms with Crippen LogP contribution in [0, 0.1) is 34.5 Å². The highest BCUT2D eigenvalue weighted by Crippen LogP contribution is 2.73. The van der Waals surface area contributed by atoms with Crippen LogP contribution in [-0.4, -0.2) is 11.6 Å². The van der Waals surface area contributed by atoms with Crippen LogP contribution in [-0.2, 0) is 9.53 Å². The average Bonchev–Trinajstić information content (AvgIpc) is 2.88. The van der Waals surface area contributed by atoms with Crippen molar-refractivity contribution in [3.63, 3.8) is 0 Å². The number of carbonyl (C=O) groups excluding carboxylic acids is 1. The molecule has 0 aromatic rings. The van der Waals surface area contributed by atoms with E-state index in [4.69, 9.17) is 4.74 Å². The maximum absolute atomic E-state index is 12.4. The molecule has 3 saturated carbocycles. The van der Waals surface area contributed by atoms with Crippen LogP contribution in [0.3, 0.4) is 0 Å². The molecule has 126 valence electrons. The van der Waals surface area contributed by atoms with Crippen LogP contribution in [0.2, 0.25) is 0 Å². The molecule has 3 aliphatic rings. The first kappa shape index (κ1) is 16.3. The van der Waals surface area contributed by atoms with Crippen LogP contribution < -0.4 is 0 Å². The Bertz CT molecular complexity index is 468. The van der Waals surface area contributed by atoms with Gasteiger partial charge in [-0.1, -0.05) is 34.6 Å². The maximum atomic E-state index is 12.4. The van der Waals surface area contributed by atoms with E-state index >= 15 is 0 Å². The van der Waals surface area contributed by atoms with Gasteiger partial charge in [0.2, 0.25) is 0 Å². The lowest BCUT2D eigenvalue weighted by Crippen LogP contribution is -2.48. The number of ether oxygens (including phenoxy) is 1. The van der Waals surface area contributed by atoms with E-state index in [1.807, 2.05) is 6.92 Å². The third kappa shape index (κ3) is 2.01. The predicted octanol–water partition coefficient (Wildman–Crippen LogP) is 5.21. The van der Waals surface area contributed by atoms with Gasteiger partial charge in [-0.05, 0) is 68.1 Å². The van der Waals surface area contributed by atoms with Gasteiger partial charge in [0.15, 0.2) is 0 Å². The van der Waals surface area contributed by atoms with Crippen LogP contribution in [0.4, 0.5) is 0 Å². The molecule has 0 amide bonds. The highest BCUT2D eigenvalue weighted by molar-refractivity contribution is 5.72. The summed E-state index contributed by atoms with van der Waals surface area (Å²) in [4.78, 5) is 12.4. The molecule has 0 radical (unpaired) electrons. The summed E-state index contributed by atoms with van der Waals surface area (Å²) in [6.45, 7) is 13.6. The summed E-state index contributed by atoms with van der Waals surface area (Å²) in [5, 5.41) is 0. The fraction of sp³-hybridized carbons (Fsp3) is 0.950. The zero-order valence-corrected chi connectivity index (χ0v) is 15.4. The minimum absolute atomic E-state index is 0.0156. The standard InChI is InChI=1S/C20H34O2/c1-7-13(2)17(21)22-19(6)10-11-20-12-16(19)18(4,5)15(20)9-8-14(20)3/h13-16H,7-12H2,1-6H3. The molecule has 0 heterocycles. The van der Waals surface area contributed by atoms with E-state index in [-0.39, 0.29) is 17.5 Å². The normalized spacial score (nSPS) is 47.1. The summed E-state index contributed by atoms with van der Waals surface area (Å²) in [6.07, 6.45) is 7.22. The molecule has 3 rings (SSSR count). The number of hydrogen-bond donors (Lipinski definition) is 0. The quantitative estimate of drug-likeness (QED) is 0.669. The van der Waals surface area contributed by atoms with Gasteiger partial charge in [0, 0.05) is 5.92 Å². The molecule has 0 aliphatic heterocycles. The third-order valence-corrected chi connectivity index (χ3v) is 8.12. The summed E-state index contributed by atoms with van der Waals surface area (Å²) in [5.74, 6) is 2.23. The molecule has 3 aliphatic carbocycles. The Hall–Kier alpha value is -0.530. The Labute approximate surface area is 136 Å². The molecule has 1 spiro atoms. The van der Waals surface area contributed by atoms with Crippen molar-refractivity contribution < 1.29 is 9.53 Å². The highest BCUT2D eigenvalue weighted by atomic mass is 16.6. The lowest BCUT2D eigenvalue weighted by Gasteiger charge is -2.47. The van der Waals surface area contributed by atoms with Crippen LogP contribution >= 0.6 is 0 Å². The molecular weight excluding hydrogens is 272 g/mol. The number of rotatable bonds is 3. The molecule has 3 fully saturated rings. The number of carbonyl (C=O) groups is 1. The van der Waals surface area contributed by atoms with Gasteiger partial charge in [-0.3, -0.25) is 4.79 Å². The molecule has 22 heavy (non-hydrogen) atoms. The van der Waals surface area contributed by atoms with Crippen LogP contribution in [0.1, 0.15) is 80.1 Å². The van der Waals surface area contributed by atoms with Crippen molar-refractivity contribution in [1.82, 2.24) is 0 Å². The smallest absolute Gasteiger partial charge is 0.309 e. The Kier molecular flexibility index (Phi) is 3.70. The van der Waals surface area contributed by atoms with Gasteiger partial charge >= 0.3 is 5.97 Å². The van der Waals surface area contributed by atoms with Gasteiger partial charge in [-0.25, -0.2) is 0 Å². The fourth-order valence-electron chi connectivity index (χ4n) is 6.48. The van der Waals surface area contributed by atoms with Gasteiger partial charge < -0.3 is 4.74 Å². The summed E-state index contributed by atoms with van der Waals surface area (Å²) in [5.41, 5.74) is 0.585. The predicted molar refractivity (Wildman–Crippen MR) is 89.4 cm³/mol. The second-order valence-electron chi connectivity index (χ2n) is 9.39. The first-order valence-corrected chi connectivity index (χ1v) is 9.40. The van der Waals surface area contributed by atoms with Gasteiger partial charge in [-0.15, -0.1) is 0 Å². The maximum Gasteiger partial charge on any atom is 0.309 e. The lowest BCUT2D eigenvalue weighted by molar-refractivity contribution is -0.178. The molecule has 2 bridgehead atoms. The van der Waals surface area contributed by atoms with Gasteiger partial charge in [0.05, 0.1) is 5.92 Å². The molecule has 6 atom stereocenters. The second-order valence-corrected chi connectivity index (χ2v) is 9.39. The first-order valence-electron chi connectivity index (χ1n) is 9.40. The lowest BCUT2D eigenvalue weighted by atomic mass is 9.64. The van der Waals surface area contributed by atoms with Gasteiger partial charge in [0.1, 0.15) is 5.60 Å². The molecule has 6 unspecified atom stereocenters. The van der Waals surface area contributed by atoms with Crippen molar-refractivity contribution in [2.45, 2.75) is 85.7 Å². The molecule has 2 heteroatoms.